The van der Waals surface area contributed by atoms with Crippen molar-refractivity contribution in [3.05, 3.63) is 94.3 Å². The molecule has 3 aromatic rings. The maximum atomic E-state index is 13.7. The summed E-state index contributed by atoms with van der Waals surface area (Å²) in [5.41, 5.74) is 0.687. The van der Waals surface area contributed by atoms with Crippen LogP contribution in [0.15, 0.2) is 66.7 Å². The normalized spacial score (nSPS) is 22.3. The molecular weight excluding hydrogens is 433 g/mol. The Kier molecular flexibility index (Phi) is 4.64. The Bertz CT molecular complexity index is 1270. The van der Waals surface area contributed by atoms with Gasteiger partial charge in [-0.3, -0.25) is 19.3 Å². The van der Waals surface area contributed by atoms with Crippen LogP contribution < -0.4 is 9.64 Å². The lowest BCUT2D eigenvalue weighted by Crippen LogP contribution is -2.46. The van der Waals surface area contributed by atoms with E-state index in [1.807, 2.05) is 19.1 Å². The number of amides is 2. The summed E-state index contributed by atoms with van der Waals surface area (Å²) in [5.74, 6) is -2.78. The van der Waals surface area contributed by atoms with Crippen LogP contribution in [0.1, 0.15) is 23.1 Å². The third-order valence-corrected chi connectivity index (χ3v) is 6.39. The molecule has 2 aliphatic rings. The summed E-state index contributed by atoms with van der Waals surface area (Å²) in [7, 11) is 0. The van der Waals surface area contributed by atoms with E-state index in [4.69, 9.17) is 16.3 Å². The van der Waals surface area contributed by atoms with Gasteiger partial charge in [-0.05, 0) is 55.0 Å². The monoisotopic (exact) mass is 449 g/mol. The summed E-state index contributed by atoms with van der Waals surface area (Å²) in [6.07, 6.45) is -0.193. The maximum absolute atomic E-state index is 13.7. The number of benzene rings is 3. The average molecular weight is 450 g/mol. The molecule has 5 nitrogen and oxygen atoms in total. The largest absolute Gasteiger partial charge is 0.425 e. The molecule has 0 bridgehead atoms. The summed E-state index contributed by atoms with van der Waals surface area (Å²) in [6, 6.07) is 17.1. The van der Waals surface area contributed by atoms with E-state index in [1.54, 1.807) is 30.3 Å². The van der Waals surface area contributed by atoms with E-state index in [0.717, 1.165) is 10.5 Å². The van der Waals surface area contributed by atoms with E-state index in [9.17, 15) is 18.8 Å². The van der Waals surface area contributed by atoms with Gasteiger partial charge in [0.1, 0.15) is 17.0 Å². The summed E-state index contributed by atoms with van der Waals surface area (Å²) < 4.78 is 19.0. The number of hydrogen-bond acceptors (Lipinski definition) is 4. The molecule has 2 amide bonds. The van der Waals surface area contributed by atoms with E-state index < -0.39 is 34.9 Å². The number of halogens is 2. The van der Waals surface area contributed by atoms with Gasteiger partial charge in [-0.25, -0.2) is 4.39 Å². The molecule has 3 aromatic carbocycles. The van der Waals surface area contributed by atoms with Crippen LogP contribution in [0.25, 0.3) is 0 Å². The molecule has 2 aliphatic heterocycles. The predicted molar refractivity (Wildman–Crippen MR) is 116 cm³/mol. The van der Waals surface area contributed by atoms with Crippen molar-refractivity contribution in [2.45, 2.75) is 18.8 Å². The second kappa shape index (κ2) is 7.28. The number of carbonyl (C=O) groups is 3. The third-order valence-electron chi connectivity index (χ3n) is 6.14. The summed E-state index contributed by atoms with van der Waals surface area (Å²) in [6.45, 7) is 1.88. The Morgan fingerprint density at radius 2 is 1.69 bits per heavy atom. The van der Waals surface area contributed by atoms with Gasteiger partial charge in [-0.2, -0.15) is 0 Å². The minimum Gasteiger partial charge on any atom is -0.425 e. The maximum Gasteiger partial charge on any atom is 0.327 e. The van der Waals surface area contributed by atoms with Crippen molar-refractivity contribution in [2.24, 2.45) is 5.92 Å². The number of hydrogen-bond donors (Lipinski definition) is 0. The standard InChI is InChI=1S/C25H17ClFNO4/c1-14-2-11-21-19(12-14)25(24(31)32-21,15-3-5-16(26)6-4-15)20-13-22(29)28(23(20)30)18-9-7-17(27)8-10-18/h2-12,20H,13H2,1H3/t20-,25+/m1/s1. The molecule has 160 valence electrons. The molecule has 0 radical (unpaired) electrons. The van der Waals surface area contributed by atoms with E-state index in [-0.39, 0.29) is 12.1 Å². The van der Waals surface area contributed by atoms with Gasteiger partial charge in [-0.1, -0.05) is 41.4 Å². The van der Waals surface area contributed by atoms with Crippen LogP contribution in [0.5, 0.6) is 5.75 Å². The van der Waals surface area contributed by atoms with E-state index in [0.29, 0.717) is 21.9 Å². The zero-order chi connectivity index (χ0) is 22.6. The minimum absolute atomic E-state index is 0.193. The van der Waals surface area contributed by atoms with Gasteiger partial charge in [0.2, 0.25) is 11.8 Å². The number of anilines is 1. The zero-order valence-electron chi connectivity index (χ0n) is 17.0. The smallest absolute Gasteiger partial charge is 0.327 e. The van der Waals surface area contributed by atoms with Crippen molar-refractivity contribution in [2.75, 3.05) is 4.90 Å². The number of aryl methyl sites for hydroxylation is 1. The Balaban J connectivity index is 1.71. The molecular formula is C25H17ClFNO4. The molecule has 0 aliphatic carbocycles. The Labute approximate surface area is 188 Å². The van der Waals surface area contributed by atoms with Crippen LogP contribution >= 0.6 is 11.6 Å². The molecule has 0 unspecified atom stereocenters. The number of esters is 1. The van der Waals surface area contributed by atoms with Crippen LogP contribution in [0.2, 0.25) is 5.02 Å². The number of carbonyl (C=O) groups excluding carboxylic acids is 3. The zero-order valence-corrected chi connectivity index (χ0v) is 17.7. The molecule has 5 rings (SSSR count). The van der Waals surface area contributed by atoms with Gasteiger partial charge in [-0.15, -0.1) is 0 Å². The van der Waals surface area contributed by atoms with Crippen molar-refractivity contribution < 1.29 is 23.5 Å². The molecule has 7 heteroatoms. The van der Waals surface area contributed by atoms with Crippen LogP contribution in [-0.4, -0.2) is 17.8 Å². The molecule has 0 saturated carbocycles. The number of rotatable bonds is 3. The fraction of sp³-hybridized carbons (Fsp3) is 0.160. The molecule has 1 fully saturated rings. The number of ether oxygens (including phenoxy) is 1. The van der Waals surface area contributed by atoms with Crippen molar-refractivity contribution in [3.63, 3.8) is 0 Å². The van der Waals surface area contributed by atoms with Crippen LogP contribution in [0, 0.1) is 18.7 Å². The molecule has 0 N–H and O–H groups in total. The Morgan fingerprint density at radius 3 is 2.38 bits per heavy atom. The van der Waals surface area contributed by atoms with E-state index in [1.165, 1.54) is 24.3 Å². The fourth-order valence-electron chi connectivity index (χ4n) is 4.68. The highest BCUT2D eigenvalue weighted by Crippen LogP contribution is 2.53. The molecule has 0 spiro atoms. The van der Waals surface area contributed by atoms with Gasteiger partial charge < -0.3 is 4.74 Å². The molecule has 0 aromatic heterocycles. The minimum atomic E-state index is -1.51. The van der Waals surface area contributed by atoms with Crippen molar-refractivity contribution >= 4 is 35.1 Å². The summed E-state index contributed by atoms with van der Waals surface area (Å²) in [4.78, 5) is 41.1. The number of nitrogens with zero attached hydrogens (tertiary/aromatic N) is 1. The summed E-state index contributed by atoms with van der Waals surface area (Å²) >= 11 is 6.08. The second-order valence-electron chi connectivity index (χ2n) is 8.00. The predicted octanol–water partition coefficient (Wildman–Crippen LogP) is 4.57. The molecule has 2 atom stereocenters. The highest BCUT2D eigenvalue weighted by atomic mass is 35.5. The molecule has 1 saturated heterocycles. The summed E-state index contributed by atoms with van der Waals surface area (Å²) in [5, 5.41) is 0.474. The van der Waals surface area contributed by atoms with E-state index in [2.05, 4.69) is 0 Å². The van der Waals surface area contributed by atoms with Gasteiger partial charge in [0.05, 0.1) is 11.6 Å². The Morgan fingerprint density at radius 1 is 1.00 bits per heavy atom. The van der Waals surface area contributed by atoms with Gasteiger partial charge in [0.25, 0.3) is 0 Å². The molecule has 2 heterocycles. The van der Waals surface area contributed by atoms with Gasteiger partial charge >= 0.3 is 5.97 Å². The van der Waals surface area contributed by atoms with Crippen LogP contribution in [-0.2, 0) is 19.8 Å². The topological polar surface area (TPSA) is 63.7 Å². The fourth-order valence-corrected chi connectivity index (χ4v) is 4.81. The van der Waals surface area contributed by atoms with Crippen LogP contribution in [0.4, 0.5) is 10.1 Å². The first-order valence-electron chi connectivity index (χ1n) is 10.0. The van der Waals surface area contributed by atoms with Crippen molar-refractivity contribution in [1.82, 2.24) is 0 Å². The highest BCUT2D eigenvalue weighted by molar-refractivity contribution is 6.30. The molecule has 32 heavy (non-hydrogen) atoms. The lowest BCUT2D eigenvalue weighted by molar-refractivity contribution is -0.141. The van der Waals surface area contributed by atoms with Gasteiger partial charge in [0.15, 0.2) is 0 Å². The highest BCUT2D eigenvalue weighted by Gasteiger charge is 2.62. The van der Waals surface area contributed by atoms with Crippen LogP contribution in [0.3, 0.4) is 0 Å². The third kappa shape index (κ3) is 2.87. The second-order valence-corrected chi connectivity index (χ2v) is 8.44. The first-order chi connectivity index (χ1) is 15.3. The SMILES string of the molecule is Cc1ccc2c(c1)[C@@](c1ccc(Cl)cc1)([C@@H]1CC(=O)N(c3ccc(F)cc3)C1=O)C(=O)O2. The van der Waals surface area contributed by atoms with Gasteiger partial charge in [0, 0.05) is 17.0 Å². The number of fused-ring (bicyclic) bond motifs is 1. The Hall–Kier alpha value is -3.51. The first kappa shape index (κ1) is 20.4. The lowest BCUT2D eigenvalue weighted by Gasteiger charge is -2.31. The number of imide groups is 1. The first-order valence-corrected chi connectivity index (χ1v) is 10.4. The van der Waals surface area contributed by atoms with E-state index >= 15 is 0 Å². The quantitative estimate of drug-likeness (QED) is 0.334. The average Bonchev–Trinajstić information content (AvgIpc) is 3.22. The van der Waals surface area contributed by atoms with Crippen molar-refractivity contribution in [3.8, 4) is 5.75 Å². The lowest BCUT2D eigenvalue weighted by atomic mass is 9.65. The van der Waals surface area contributed by atoms with Crippen molar-refractivity contribution in [1.29, 1.82) is 0 Å².